The molecule has 0 aromatic heterocycles. The van der Waals surface area contributed by atoms with Crippen LogP contribution in [0, 0.1) is 11.3 Å². The van der Waals surface area contributed by atoms with Crippen molar-refractivity contribution in [3.8, 4) is 6.07 Å². The van der Waals surface area contributed by atoms with Crippen molar-refractivity contribution >= 4 is 27.3 Å². The van der Waals surface area contributed by atoms with Crippen LogP contribution in [0.15, 0.2) is 18.2 Å². The first kappa shape index (κ1) is 15.1. The topological polar surface area (TPSA) is 73.2 Å². The van der Waals surface area contributed by atoms with Crippen molar-refractivity contribution in [2.45, 2.75) is 18.9 Å². The fraction of sp³-hybridized carbons (Fsp3) is 0.462. The van der Waals surface area contributed by atoms with Gasteiger partial charge in [-0.15, -0.1) is 0 Å². The number of nitriles is 1. The Morgan fingerprint density at radius 1 is 1.55 bits per heavy atom. The molecule has 1 aromatic carbocycles. The van der Waals surface area contributed by atoms with E-state index in [9.17, 15) is 13.7 Å². The van der Waals surface area contributed by atoms with Crippen LogP contribution in [0.4, 0.5) is 5.69 Å². The Hall–Kier alpha value is -1.29. The zero-order valence-corrected chi connectivity index (χ0v) is 12.7. The van der Waals surface area contributed by atoms with Crippen molar-refractivity contribution < 1.29 is 8.42 Å². The van der Waals surface area contributed by atoms with Crippen LogP contribution in [0.1, 0.15) is 18.4 Å². The van der Waals surface area contributed by atoms with E-state index in [1.54, 1.807) is 18.2 Å². The van der Waals surface area contributed by atoms with Crippen molar-refractivity contribution in [3.63, 3.8) is 0 Å². The van der Waals surface area contributed by atoms with E-state index in [4.69, 9.17) is 11.6 Å². The zero-order chi connectivity index (χ0) is 14.8. The second kappa shape index (κ2) is 6.00. The number of nitrogens with one attached hydrogen (secondary N) is 1. The highest BCUT2D eigenvalue weighted by Crippen LogP contribution is 2.30. The summed E-state index contributed by atoms with van der Waals surface area (Å²) in [7, 11) is -1.86. The third kappa shape index (κ3) is 3.23. The van der Waals surface area contributed by atoms with Crippen molar-refractivity contribution in [2.24, 2.45) is 0 Å². The van der Waals surface area contributed by atoms with Crippen molar-refractivity contribution in [1.29, 1.82) is 5.26 Å². The van der Waals surface area contributed by atoms with E-state index in [1.807, 2.05) is 4.90 Å². The number of sulfonamides is 1. The van der Waals surface area contributed by atoms with Crippen LogP contribution in [-0.4, -0.2) is 33.8 Å². The van der Waals surface area contributed by atoms with Gasteiger partial charge in [-0.2, -0.15) is 5.26 Å². The smallest absolute Gasteiger partial charge is 0.213 e. The molecule has 108 valence electrons. The number of benzene rings is 1. The van der Waals surface area contributed by atoms with Gasteiger partial charge in [-0.25, -0.2) is 13.1 Å². The van der Waals surface area contributed by atoms with Gasteiger partial charge in [0.2, 0.25) is 10.0 Å². The number of nitrogens with zero attached hydrogens (tertiary/aromatic N) is 2. The maximum atomic E-state index is 11.7. The monoisotopic (exact) mass is 313 g/mol. The molecule has 5 nitrogen and oxygen atoms in total. The number of anilines is 1. The molecule has 0 aliphatic carbocycles. The molecule has 7 heteroatoms. The lowest BCUT2D eigenvalue weighted by Gasteiger charge is -2.27. The van der Waals surface area contributed by atoms with Crippen molar-refractivity contribution in [1.82, 2.24) is 4.72 Å². The zero-order valence-electron chi connectivity index (χ0n) is 11.1. The minimum Gasteiger partial charge on any atom is -0.366 e. The molecule has 1 aromatic rings. The van der Waals surface area contributed by atoms with Gasteiger partial charge >= 0.3 is 0 Å². The van der Waals surface area contributed by atoms with Crippen LogP contribution >= 0.6 is 11.6 Å². The summed E-state index contributed by atoms with van der Waals surface area (Å²) in [5, 5.41) is 9.71. The van der Waals surface area contributed by atoms with Gasteiger partial charge < -0.3 is 4.90 Å². The van der Waals surface area contributed by atoms with E-state index in [-0.39, 0.29) is 11.8 Å². The van der Waals surface area contributed by atoms with Crippen LogP contribution < -0.4 is 9.62 Å². The van der Waals surface area contributed by atoms with Crippen LogP contribution in [0.3, 0.4) is 0 Å². The fourth-order valence-electron chi connectivity index (χ4n) is 2.51. The van der Waals surface area contributed by atoms with E-state index in [2.05, 4.69) is 10.8 Å². The van der Waals surface area contributed by atoms with E-state index in [1.165, 1.54) is 7.05 Å². The molecule has 20 heavy (non-hydrogen) atoms. The number of halogens is 1. The fourth-order valence-corrected chi connectivity index (χ4v) is 3.70. The Kier molecular flexibility index (Phi) is 4.53. The van der Waals surface area contributed by atoms with Gasteiger partial charge in [-0.05, 0) is 38.1 Å². The van der Waals surface area contributed by atoms with Gasteiger partial charge in [0.25, 0.3) is 0 Å². The lowest BCUT2D eigenvalue weighted by atomic mass is 10.1. The van der Waals surface area contributed by atoms with Gasteiger partial charge in [0.1, 0.15) is 6.07 Å². The molecule has 1 N–H and O–H groups in total. The van der Waals surface area contributed by atoms with Crippen LogP contribution in [0.5, 0.6) is 0 Å². The molecule has 0 saturated carbocycles. The third-order valence-corrected chi connectivity index (χ3v) is 5.17. The van der Waals surface area contributed by atoms with Gasteiger partial charge in [-0.3, -0.25) is 0 Å². The maximum Gasteiger partial charge on any atom is 0.213 e. The van der Waals surface area contributed by atoms with Crippen LogP contribution in [0.25, 0.3) is 0 Å². The normalized spacial score (nSPS) is 19.1. The molecule has 0 bridgehead atoms. The standard InChI is InChI=1S/C13H16ClN3O2S/c1-16-20(18,19)9-12-3-2-6-17(12)13-5-4-11(14)7-10(13)8-15/h4-5,7,12,16H,2-3,6,9H2,1H3/t12-/m1/s1. The first-order valence-electron chi connectivity index (χ1n) is 6.34. The minimum absolute atomic E-state index is 0.0387. The minimum atomic E-state index is -3.27. The van der Waals surface area contributed by atoms with Crippen molar-refractivity contribution in [2.75, 3.05) is 24.2 Å². The van der Waals surface area contributed by atoms with Gasteiger partial charge in [0.05, 0.1) is 17.0 Å². The summed E-state index contributed by atoms with van der Waals surface area (Å²) < 4.78 is 25.8. The first-order valence-corrected chi connectivity index (χ1v) is 8.37. The molecule has 1 heterocycles. The SMILES string of the molecule is CNS(=O)(=O)C[C@H]1CCCN1c1ccc(Cl)cc1C#N. The second-order valence-electron chi connectivity index (χ2n) is 4.75. The third-order valence-electron chi connectivity index (χ3n) is 3.49. The predicted molar refractivity (Wildman–Crippen MR) is 79.4 cm³/mol. The lowest BCUT2D eigenvalue weighted by molar-refractivity contribution is 0.577. The number of hydrogen-bond donors (Lipinski definition) is 1. The summed E-state index contributed by atoms with van der Waals surface area (Å²) in [4.78, 5) is 1.99. The van der Waals surface area contributed by atoms with E-state index in [0.717, 1.165) is 25.1 Å². The Balaban J connectivity index is 2.30. The summed E-state index contributed by atoms with van der Waals surface area (Å²) in [6.07, 6.45) is 1.71. The van der Waals surface area contributed by atoms with E-state index in [0.29, 0.717) is 10.6 Å². The summed E-state index contributed by atoms with van der Waals surface area (Å²) in [6, 6.07) is 7.12. The quantitative estimate of drug-likeness (QED) is 0.918. The average molecular weight is 314 g/mol. The Morgan fingerprint density at radius 2 is 2.30 bits per heavy atom. The highest BCUT2D eigenvalue weighted by atomic mass is 35.5. The maximum absolute atomic E-state index is 11.7. The Morgan fingerprint density at radius 3 is 2.95 bits per heavy atom. The first-order chi connectivity index (χ1) is 9.46. The molecule has 1 aliphatic rings. The molecule has 0 unspecified atom stereocenters. The van der Waals surface area contributed by atoms with Gasteiger partial charge in [-0.1, -0.05) is 11.6 Å². The highest BCUT2D eigenvalue weighted by molar-refractivity contribution is 7.89. The molecule has 0 radical (unpaired) electrons. The van der Waals surface area contributed by atoms with Gasteiger partial charge in [0.15, 0.2) is 0 Å². The summed E-state index contributed by atoms with van der Waals surface area (Å²) in [5.41, 5.74) is 1.23. The largest absolute Gasteiger partial charge is 0.366 e. The second-order valence-corrected chi connectivity index (χ2v) is 7.16. The Labute approximate surface area is 124 Å². The number of hydrogen-bond acceptors (Lipinski definition) is 4. The summed E-state index contributed by atoms with van der Waals surface area (Å²) in [6.45, 7) is 0.750. The molecular formula is C13H16ClN3O2S. The highest BCUT2D eigenvalue weighted by Gasteiger charge is 2.30. The molecular weight excluding hydrogens is 298 g/mol. The molecule has 2 rings (SSSR count). The molecule has 1 atom stereocenters. The predicted octanol–water partition coefficient (Wildman–Crippen LogP) is 1.73. The molecule has 1 saturated heterocycles. The summed E-state index contributed by atoms with van der Waals surface area (Å²) >= 11 is 5.89. The lowest BCUT2D eigenvalue weighted by Crippen LogP contribution is -2.38. The van der Waals surface area contributed by atoms with E-state index < -0.39 is 10.0 Å². The van der Waals surface area contributed by atoms with E-state index >= 15 is 0 Å². The number of rotatable bonds is 4. The van der Waals surface area contributed by atoms with Crippen molar-refractivity contribution in [3.05, 3.63) is 28.8 Å². The van der Waals surface area contributed by atoms with Gasteiger partial charge in [0, 0.05) is 17.6 Å². The molecule has 0 amide bonds. The molecule has 1 fully saturated rings. The van der Waals surface area contributed by atoms with Crippen LogP contribution in [0.2, 0.25) is 5.02 Å². The van der Waals surface area contributed by atoms with Crippen LogP contribution in [-0.2, 0) is 10.0 Å². The molecule has 0 spiro atoms. The Bertz CT molecular complexity index is 640. The summed E-state index contributed by atoms with van der Waals surface area (Å²) in [5.74, 6) is 0.0387. The molecule has 1 aliphatic heterocycles. The average Bonchev–Trinajstić information content (AvgIpc) is 2.85.